The number of aryl methyl sites for hydroxylation is 2. The third-order valence-corrected chi connectivity index (χ3v) is 4.94. The van der Waals surface area contributed by atoms with Gasteiger partial charge in [0.05, 0.1) is 0 Å². The normalized spacial score (nSPS) is 16.9. The predicted octanol–water partition coefficient (Wildman–Crippen LogP) is 3.97. The molecule has 7 nitrogen and oxygen atoms in total. The van der Waals surface area contributed by atoms with Gasteiger partial charge in [-0.1, -0.05) is 6.92 Å². The zero-order valence-corrected chi connectivity index (χ0v) is 17.5. The van der Waals surface area contributed by atoms with Gasteiger partial charge in [-0.05, 0) is 64.7 Å². The number of hydrogen-bond donors (Lipinski definition) is 0. The van der Waals surface area contributed by atoms with Crippen molar-refractivity contribution in [2.24, 2.45) is 0 Å². The Morgan fingerprint density at radius 3 is 2.66 bits per heavy atom. The van der Waals surface area contributed by atoms with Crippen molar-refractivity contribution in [2.75, 3.05) is 6.54 Å². The number of amides is 1. The highest BCUT2D eigenvalue weighted by Crippen LogP contribution is 2.30. The molecule has 0 radical (unpaired) electrons. The summed E-state index contributed by atoms with van der Waals surface area (Å²) in [6.45, 7) is 9.50. The van der Waals surface area contributed by atoms with E-state index in [9.17, 15) is 14.4 Å². The lowest BCUT2D eigenvalue weighted by molar-refractivity contribution is -0.139. The number of fused-ring (bicyclic) bond motifs is 1. The van der Waals surface area contributed by atoms with E-state index in [1.807, 2.05) is 6.92 Å². The molecule has 0 bridgehead atoms. The van der Waals surface area contributed by atoms with Gasteiger partial charge in [0, 0.05) is 23.6 Å². The summed E-state index contributed by atoms with van der Waals surface area (Å²) in [6, 6.07) is 4.26. The number of benzene rings is 1. The second kappa shape index (κ2) is 7.89. The van der Waals surface area contributed by atoms with Crippen LogP contribution >= 0.6 is 0 Å². The maximum absolute atomic E-state index is 12.8. The summed E-state index contributed by atoms with van der Waals surface area (Å²) >= 11 is 0. The fourth-order valence-corrected chi connectivity index (χ4v) is 3.54. The number of carbonyl (C=O) groups is 2. The monoisotopic (exact) mass is 401 g/mol. The van der Waals surface area contributed by atoms with Crippen molar-refractivity contribution in [3.8, 4) is 5.75 Å². The standard InChI is InChI=1S/C22H27NO6/c1-6-14-12-18(24)28-19-13(2)17(10-9-15(14)19)27-20(25)16-8-7-11-23(16)21(26)29-22(3,4)5/h9-10,12,16H,6-8,11H2,1-5H3/t16-/m0/s1. The van der Waals surface area contributed by atoms with Crippen molar-refractivity contribution in [2.45, 2.75) is 65.5 Å². The minimum Gasteiger partial charge on any atom is -0.444 e. The van der Waals surface area contributed by atoms with Crippen LogP contribution in [0.25, 0.3) is 11.0 Å². The van der Waals surface area contributed by atoms with Gasteiger partial charge >= 0.3 is 17.7 Å². The summed E-state index contributed by atoms with van der Waals surface area (Å²) in [6.07, 6.45) is 1.38. The topological polar surface area (TPSA) is 86.0 Å². The van der Waals surface area contributed by atoms with Gasteiger partial charge in [-0.2, -0.15) is 0 Å². The molecule has 2 aromatic rings. The van der Waals surface area contributed by atoms with Crippen LogP contribution in [0.15, 0.2) is 27.4 Å². The number of rotatable bonds is 3. The predicted molar refractivity (Wildman–Crippen MR) is 108 cm³/mol. The summed E-state index contributed by atoms with van der Waals surface area (Å²) in [4.78, 5) is 38.5. The van der Waals surface area contributed by atoms with Gasteiger partial charge in [0.1, 0.15) is 23.0 Å². The molecule has 0 saturated carbocycles. The van der Waals surface area contributed by atoms with Crippen LogP contribution in [0.2, 0.25) is 0 Å². The van der Waals surface area contributed by atoms with Crippen LogP contribution in [-0.2, 0) is 16.0 Å². The van der Waals surface area contributed by atoms with E-state index in [0.29, 0.717) is 42.7 Å². The molecule has 0 spiro atoms. The van der Waals surface area contributed by atoms with E-state index in [1.54, 1.807) is 39.8 Å². The van der Waals surface area contributed by atoms with E-state index in [1.165, 1.54) is 11.0 Å². The van der Waals surface area contributed by atoms with Crippen molar-refractivity contribution >= 4 is 23.0 Å². The van der Waals surface area contributed by atoms with Gasteiger partial charge in [0.2, 0.25) is 0 Å². The average molecular weight is 401 g/mol. The lowest BCUT2D eigenvalue weighted by atomic mass is 10.0. The van der Waals surface area contributed by atoms with Gasteiger partial charge in [0.15, 0.2) is 0 Å². The molecule has 1 aromatic carbocycles. The number of nitrogens with zero attached hydrogens (tertiary/aromatic N) is 1. The summed E-state index contributed by atoms with van der Waals surface area (Å²) in [5.41, 5.74) is 0.787. The van der Waals surface area contributed by atoms with Gasteiger partial charge in [-0.3, -0.25) is 4.90 Å². The molecule has 1 aliphatic rings. The maximum Gasteiger partial charge on any atom is 0.411 e. The Kier molecular flexibility index (Phi) is 5.68. The summed E-state index contributed by atoms with van der Waals surface area (Å²) < 4.78 is 16.4. The van der Waals surface area contributed by atoms with Gasteiger partial charge in [0.25, 0.3) is 0 Å². The maximum atomic E-state index is 12.8. The summed E-state index contributed by atoms with van der Waals surface area (Å²) in [5.74, 6) is -0.209. The first-order valence-corrected chi connectivity index (χ1v) is 9.88. The van der Waals surface area contributed by atoms with Crippen molar-refractivity contribution in [3.63, 3.8) is 0 Å². The van der Waals surface area contributed by atoms with E-state index in [-0.39, 0.29) is 0 Å². The average Bonchev–Trinajstić information content (AvgIpc) is 3.12. The minimum absolute atomic E-state index is 0.315. The lowest BCUT2D eigenvalue weighted by Gasteiger charge is -2.27. The Bertz CT molecular complexity index is 1000. The molecule has 29 heavy (non-hydrogen) atoms. The summed E-state index contributed by atoms with van der Waals surface area (Å²) in [5, 5.41) is 0.820. The Morgan fingerprint density at radius 1 is 1.28 bits per heavy atom. The van der Waals surface area contributed by atoms with Crippen LogP contribution in [-0.4, -0.2) is 35.2 Å². The van der Waals surface area contributed by atoms with Crippen LogP contribution in [0.4, 0.5) is 4.79 Å². The van der Waals surface area contributed by atoms with E-state index < -0.39 is 29.3 Å². The smallest absolute Gasteiger partial charge is 0.411 e. The first kappa shape index (κ1) is 20.9. The number of likely N-dealkylation sites (tertiary alicyclic amines) is 1. The number of esters is 1. The quantitative estimate of drug-likeness (QED) is 0.439. The van der Waals surface area contributed by atoms with E-state index in [2.05, 4.69) is 0 Å². The van der Waals surface area contributed by atoms with Gasteiger partial charge in [-0.25, -0.2) is 14.4 Å². The minimum atomic E-state index is -0.700. The van der Waals surface area contributed by atoms with Crippen LogP contribution in [0.5, 0.6) is 5.75 Å². The molecule has 7 heteroatoms. The van der Waals surface area contributed by atoms with E-state index in [4.69, 9.17) is 13.9 Å². The third kappa shape index (κ3) is 4.44. The molecule has 2 heterocycles. The number of carbonyl (C=O) groups excluding carboxylic acids is 2. The molecule has 0 unspecified atom stereocenters. The molecule has 3 rings (SSSR count). The van der Waals surface area contributed by atoms with Crippen LogP contribution in [0.3, 0.4) is 0 Å². The van der Waals surface area contributed by atoms with Crippen molar-refractivity contribution in [1.29, 1.82) is 0 Å². The first-order valence-electron chi connectivity index (χ1n) is 9.88. The summed E-state index contributed by atoms with van der Waals surface area (Å²) in [7, 11) is 0. The molecule has 0 aliphatic carbocycles. The number of hydrogen-bond acceptors (Lipinski definition) is 6. The molecular weight excluding hydrogens is 374 g/mol. The van der Waals surface area contributed by atoms with E-state index >= 15 is 0 Å². The second-order valence-electron chi connectivity index (χ2n) is 8.26. The van der Waals surface area contributed by atoms with Crippen molar-refractivity contribution in [3.05, 3.63) is 39.7 Å². The molecule has 1 fully saturated rings. The number of ether oxygens (including phenoxy) is 2. The SMILES string of the molecule is CCc1cc(=O)oc2c(C)c(OC(=O)[C@@H]3CCCN3C(=O)OC(C)(C)C)ccc12. The van der Waals surface area contributed by atoms with Crippen LogP contribution < -0.4 is 10.4 Å². The highest BCUT2D eigenvalue weighted by atomic mass is 16.6. The fraction of sp³-hybridized carbons (Fsp3) is 0.500. The largest absolute Gasteiger partial charge is 0.444 e. The zero-order chi connectivity index (χ0) is 21.3. The zero-order valence-electron chi connectivity index (χ0n) is 17.5. The molecule has 156 valence electrons. The Morgan fingerprint density at radius 2 is 2.00 bits per heavy atom. The van der Waals surface area contributed by atoms with Gasteiger partial charge < -0.3 is 13.9 Å². The molecule has 1 aromatic heterocycles. The molecule has 1 amide bonds. The van der Waals surface area contributed by atoms with E-state index in [0.717, 1.165) is 10.9 Å². The highest BCUT2D eigenvalue weighted by Gasteiger charge is 2.38. The molecule has 1 aliphatic heterocycles. The second-order valence-corrected chi connectivity index (χ2v) is 8.26. The third-order valence-electron chi connectivity index (χ3n) is 4.94. The van der Waals surface area contributed by atoms with Crippen molar-refractivity contribution < 1.29 is 23.5 Å². The molecular formula is C22H27NO6. The molecule has 1 atom stereocenters. The Hall–Kier alpha value is -2.83. The Labute approximate surface area is 169 Å². The molecule has 1 saturated heterocycles. The van der Waals surface area contributed by atoms with Gasteiger partial charge in [-0.15, -0.1) is 0 Å². The van der Waals surface area contributed by atoms with Crippen molar-refractivity contribution in [1.82, 2.24) is 4.90 Å². The fourth-order valence-electron chi connectivity index (χ4n) is 3.54. The van der Waals surface area contributed by atoms with Crippen LogP contribution in [0, 0.1) is 6.92 Å². The van der Waals surface area contributed by atoms with Crippen LogP contribution in [0.1, 0.15) is 51.7 Å². The molecule has 0 N–H and O–H groups in total. The first-order chi connectivity index (χ1) is 13.6. The highest BCUT2D eigenvalue weighted by molar-refractivity contribution is 5.88. The Balaban J connectivity index is 1.85. The lowest BCUT2D eigenvalue weighted by Crippen LogP contribution is -2.44.